The summed E-state index contributed by atoms with van der Waals surface area (Å²) in [6.07, 6.45) is 0. The molecule has 2 aromatic rings. The quantitative estimate of drug-likeness (QED) is 0.343. The number of hydrogen-bond donors (Lipinski definition) is 3. The Hall–Kier alpha value is -3.30. The second-order valence-corrected chi connectivity index (χ2v) is 7.86. The smallest absolute Gasteiger partial charge is 0.313 e. The molecule has 0 atom stereocenters. The Morgan fingerprint density at radius 1 is 0.333 bits per heavy atom. The molecule has 0 spiro atoms. The zero-order valence-electron chi connectivity index (χ0n) is 18.1. The van der Waals surface area contributed by atoms with Crippen LogP contribution in [0, 0.1) is 0 Å². The Morgan fingerprint density at radius 3 is 0.636 bits per heavy atom. The molecule has 0 radical (unpaired) electrons. The van der Waals surface area contributed by atoms with Crippen molar-refractivity contribution in [3.63, 3.8) is 0 Å². The summed E-state index contributed by atoms with van der Waals surface area (Å²) < 4.78 is 6.12. The van der Waals surface area contributed by atoms with E-state index in [1.54, 1.807) is 0 Å². The third kappa shape index (κ3) is 4.34. The monoisotopic (exact) mass is 465 g/mol. The molecule has 5 heterocycles. The van der Waals surface area contributed by atoms with E-state index in [0.29, 0.717) is 0 Å². The third-order valence-electron chi connectivity index (χ3n) is 5.84. The summed E-state index contributed by atoms with van der Waals surface area (Å²) in [6, 6.07) is 0. The van der Waals surface area contributed by atoms with Crippen LogP contribution in [0.15, 0.2) is 28.8 Å². The summed E-state index contributed by atoms with van der Waals surface area (Å²) in [7, 11) is 0. The van der Waals surface area contributed by atoms with E-state index in [4.69, 9.17) is 0 Å². The first kappa shape index (κ1) is 22.9. The van der Waals surface area contributed by atoms with Gasteiger partial charge in [0.15, 0.2) is 0 Å². The SMILES string of the molecule is O=c1n2c(=O)n3c(=O)n1CCNCCn1c(=O)n(c(=O)n(c1=O)CCNCC3)CCNCC2. The minimum absolute atomic E-state index is 0.0113. The lowest BCUT2D eigenvalue weighted by Gasteiger charge is -2.18. The first-order valence-corrected chi connectivity index (χ1v) is 10.9. The molecule has 0 saturated heterocycles. The van der Waals surface area contributed by atoms with E-state index in [2.05, 4.69) is 16.0 Å². The maximum Gasteiger partial charge on any atom is 0.336 e. The first-order valence-electron chi connectivity index (χ1n) is 10.9. The van der Waals surface area contributed by atoms with Crippen LogP contribution in [-0.2, 0) is 39.3 Å². The highest BCUT2D eigenvalue weighted by Gasteiger charge is 2.18. The van der Waals surface area contributed by atoms with Gasteiger partial charge in [-0.2, -0.15) is 0 Å². The van der Waals surface area contributed by atoms with Crippen molar-refractivity contribution in [2.24, 2.45) is 0 Å². The highest BCUT2D eigenvalue weighted by molar-refractivity contribution is 4.83. The van der Waals surface area contributed by atoms with Crippen molar-refractivity contribution in [1.29, 1.82) is 0 Å². The van der Waals surface area contributed by atoms with E-state index >= 15 is 0 Å². The average Bonchev–Trinajstić information content (AvgIpc) is 2.78. The topological polar surface area (TPSA) is 168 Å². The summed E-state index contributed by atoms with van der Waals surface area (Å²) in [6.45, 7) is 1.27. The molecule has 0 saturated carbocycles. The van der Waals surface area contributed by atoms with Gasteiger partial charge in [-0.3, -0.25) is 0 Å². The lowest BCUT2D eigenvalue weighted by Crippen LogP contribution is -2.58. The minimum atomic E-state index is -0.688. The molecule has 3 N–H and O–H groups in total. The van der Waals surface area contributed by atoms with Crippen molar-refractivity contribution in [3.8, 4) is 0 Å². The molecule has 15 heteroatoms. The van der Waals surface area contributed by atoms with E-state index in [1.807, 2.05) is 0 Å². The molecule has 0 unspecified atom stereocenters. The van der Waals surface area contributed by atoms with E-state index in [1.165, 1.54) is 0 Å². The molecule has 5 rings (SSSR count). The van der Waals surface area contributed by atoms with Gasteiger partial charge in [-0.25, -0.2) is 56.2 Å². The molecule has 6 bridgehead atoms. The molecule has 180 valence electrons. The second-order valence-electron chi connectivity index (χ2n) is 7.86. The highest BCUT2D eigenvalue weighted by atomic mass is 16.2. The van der Waals surface area contributed by atoms with Crippen molar-refractivity contribution in [2.75, 3.05) is 39.3 Å². The molecule has 0 amide bonds. The standard InChI is InChI=1S/C18H27N9O6/c28-13-22-7-1-19-2-8-23-15(30)26-11-5-20-3-9-24(13)17(32)25(14(22)29)10-4-21-6-12-27(16(23)31)18(26)33/h19-21H,1-12H2. The third-order valence-corrected chi connectivity index (χ3v) is 5.84. The van der Waals surface area contributed by atoms with Crippen LogP contribution >= 0.6 is 0 Å². The fourth-order valence-electron chi connectivity index (χ4n) is 4.03. The van der Waals surface area contributed by atoms with Gasteiger partial charge in [0.1, 0.15) is 0 Å². The summed E-state index contributed by atoms with van der Waals surface area (Å²) >= 11 is 0. The Labute approximate surface area is 185 Å². The van der Waals surface area contributed by atoms with Crippen LogP contribution in [0.4, 0.5) is 0 Å². The zero-order valence-corrected chi connectivity index (χ0v) is 18.1. The van der Waals surface area contributed by atoms with Crippen LogP contribution in [0.2, 0.25) is 0 Å². The molecule has 0 fully saturated rings. The molecule has 33 heavy (non-hydrogen) atoms. The number of nitrogens with one attached hydrogen (secondary N) is 3. The number of aromatic nitrogens is 6. The Bertz CT molecular complexity index is 1060. The minimum Gasteiger partial charge on any atom is -0.313 e. The normalized spacial score (nSPS) is 17.8. The van der Waals surface area contributed by atoms with Gasteiger partial charge in [0.25, 0.3) is 0 Å². The van der Waals surface area contributed by atoms with Crippen molar-refractivity contribution in [3.05, 3.63) is 62.9 Å². The largest absolute Gasteiger partial charge is 0.336 e. The number of hydrogen-bond acceptors (Lipinski definition) is 9. The van der Waals surface area contributed by atoms with E-state index in [-0.39, 0.29) is 78.5 Å². The average molecular weight is 465 g/mol. The Kier molecular flexibility index (Phi) is 6.71. The van der Waals surface area contributed by atoms with E-state index in [9.17, 15) is 28.8 Å². The summed E-state index contributed by atoms with van der Waals surface area (Å²) in [5.41, 5.74) is -4.13. The van der Waals surface area contributed by atoms with E-state index < -0.39 is 34.1 Å². The first-order chi connectivity index (χ1) is 15.9. The summed E-state index contributed by atoms with van der Waals surface area (Å²) in [4.78, 5) is 77.2. The Morgan fingerprint density at radius 2 is 0.485 bits per heavy atom. The van der Waals surface area contributed by atoms with Gasteiger partial charge in [-0.1, -0.05) is 0 Å². The lowest BCUT2D eigenvalue weighted by atomic mass is 10.4. The van der Waals surface area contributed by atoms with Gasteiger partial charge < -0.3 is 16.0 Å². The van der Waals surface area contributed by atoms with Gasteiger partial charge in [0, 0.05) is 78.5 Å². The number of nitrogens with zero attached hydrogens (tertiary/aromatic N) is 6. The molecule has 0 aromatic carbocycles. The predicted molar refractivity (Wildman–Crippen MR) is 117 cm³/mol. The van der Waals surface area contributed by atoms with Crippen molar-refractivity contribution < 1.29 is 0 Å². The Balaban J connectivity index is 1.86. The van der Waals surface area contributed by atoms with Gasteiger partial charge in [0.05, 0.1) is 0 Å². The summed E-state index contributed by atoms with van der Waals surface area (Å²) in [5, 5.41) is 9.03. The van der Waals surface area contributed by atoms with Gasteiger partial charge in [-0.15, -0.1) is 0 Å². The van der Waals surface area contributed by atoms with Crippen LogP contribution < -0.4 is 50.1 Å². The highest BCUT2D eigenvalue weighted by Crippen LogP contribution is 1.83. The number of fused-ring (bicyclic) bond motifs is 12. The van der Waals surface area contributed by atoms with Gasteiger partial charge >= 0.3 is 34.1 Å². The molecule has 15 nitrogen and oxygen atoms in total. The fraction of sp³-hybridized carbons (Fsp3) is 0.667. The predicted octanol–water partition coefficient (Wildman–Crippen LogP) is -5.85. The van der Waals surface area contributed by atoms with Crippen LogP contribution in [0.3, 0.4) is 0 Å². The zero-order chi connectivity index (χ0) is 23.5. The lowest BCUT2D eigenvalue weighted by molar-refractivity contribution is 0.390. The maximum absolute atomic E-state index is 12.9. The fourth-order valence-corrected chi connectivity index (χ4v) is 4.03. The number of rotatable bonds is 0. The van der Waals surface area contributed by atoms with Crippen LogP contribution in [0.1, 0.15) is 0 Å². The van der Waals surface area contributed by atoms with Crippen molar-refractivity contribution >= 4 is 0 Å². The molecule has 3 aliphatic rings. The van der Waals surface area contributed by atoms with Crippen molar-refractivity contribution in [1.82, 2.24) is 43.4 Å². The molecular weight excluding hydrogens is 438 g/mol. The van der Waals surface area contributed by atoms with Crippen molar-refractivity contribution in [2.45, 2.75) is 39.3 Å². The summed E-state index contributed by atoms with van der Waals surface area (Å²) in [5.74, 6) is 0. The van der Waals surface area contributed by atoms with Gasteiger partial charge in [-0.05, 0) is 0 Å². The molecule has 2 aromatic heterocycles. The van der Waals surface area contributed by atoms with E-state index in [0.717, 1.165) is 27.4 Å². The van der Waals surface area contributed by atoms with Crippen LogP contribution in [-0.4, -0.2) is 66.7 Å². The molecule has 0 aliphatic carbocycles. The van der Waals surface area contributed by atoms with Crippen LogP contribution in [0.5, 0.6) is 0 Å². The van der Waals surface area contributed by atoms with Crippen LogP contribution in [0.25, 0.3) is 0 Å². The second kappa shape index (κ2) is 9.68. The van der Waals surface area contributed by atoms with Gasteiger partial charge in [0.2, 0.25) is 0 Å². The molecule has 3 aliphatic heterocycles. The molecular formula is C18H27N9O6. The maximum atomic E-state index is 12.9.